The van der Waals surface area contributed by atoms with E-state index >= 15 is 0 Å². The van der Waals surface area contributed by atoms with Gasteiger partial charge in [0.1, 0.15) is 24.7 Å². The number of nitrogens with two attached hydrogens (primary N) is 1. The van der Waals surface area contributed by atoms with Gasteiger partial charge in [0, 0.05) is 52.6 Å². The van der Waals surface area contributed by atoms with E-state index in [-0.39, 0.29) is 0 Å². The smallest absolute Gasteiger partial charge is 0.335 e. The van der Waals surface area contributed by atoms with Crippen molar-refractivity contribution in [3.05, 3.63) is 71.3 Å². The molecule has 0 atom stereocenters. The third-order valence-electron chi connectivity index (χ3n) is 8.99. The van der Waals surface area contributed by atoms with Crippen LogP contribution in [-0.2, 0) is 17.9 Å². The normalized spacial score (nSPS) is 17.3. The molecule has 4 aromatic rings. The van der Waals surface area contributed by atoms with Crippen LogP contribution in [0.1, 0.15) is 59.5 Å². The zero-order chi connectivity index (χ0) is 28.6. The summed E-state index contributed by atoms with van der Waals surface area (Å²) >= 11 is 0. The Morgan fingerprint density at radius 1 is 0.952 bits per heavy atom. The number of rotatable bonds is 6. The Morgan fingerprint density at radius 3 is 2.60 bits per heavy atom. The lowest BCUT2D eigenvalue weighted by Crippen LogP contribution is -2.36. The maximum absolute atomic E-state index is 11.9. The molecule has 7 rings (SSSR count). The van der Waals surface area contributed by atoms with Crippen molar-refractivity contribution in [1.29, 1.82) is 0 Å². The summed E-state index contributed by atoms with van der Waals surface area (Å²) in [6.45, 7) is 4.64. The predicted molar refractivity (Wildman–Crippen MR) is 164 cm³/mol. The maximum atomic E-state index is 11.9. The number of nitrogen functional groups attached to an aromatic ring is 1. The second-order valence-electron chi connectivity index (χ2n) is 11.6. The molecule has 2 aliphatic heterocycles. The number of fused-ring (bicyclic) bond motifs is 5. The standard InChI is InChI=1S/C34H37N3O5/c35-25-7-11-29(36-12-15-40-16-13-36)24(18-25)21-42-26-8-10-28-31(20-26)41-17-14-37-30-19-23(34(38)39)6-9-27(30)32(33(28)37)22-4-2-1-3-5-22/h6-11,18-20,22H,1-5,12-17,21,35H2,(H,38,39). The number of hydrogen-bond acceptors (Lipinski definition) is 6. The van der Waals surface area contributed by atoms with E-state index in [1.54, 1.807) is 6.07 Å². The fourth-order valence-corrected chi connectivity index (χ4v) is 6.99. The summed E-state index contributed by atoms with van der Waals surface area (Å²) in [5, 5.41) is 10.9. The van der Waals surface area contributed by atoms with Crippen LogP contribution in [0.15, 0.2) is 54.6 Å². The summed E-state index contributed by atoms with van der Waals surface area (Å²) in [7, 11) is 0. The second-order valence-corrected chi connectivity index (χ2v) is 11.6. The van der Waals surface area contributed by atoms with Crippen LogP contribution in [0.4, 0.5) is 11.4 Å². The summed E-state index contributed by atoms with van der Waals surface area (Å²) in [6.07, 6.45) is 6.01. The van der Waals surface area contributed by atoms with Crippen molar-refractivity contribution in [2.24, 2.45) is 0 Å². The molecule has 1 aliphatic carbocycles. The summed E-state index contributed by atoms with van der Waals surface area (Å²) in [5.74, 6) is 1.07. The highest BCUT2D eigenvalue weighted by Crippen LogP contribution is 2.48. The van der Waals surface area contributed by atoms with Crippen LogP contribution >= 0.6 is 0 Å². The molecule has 8 nitrogen and oxygen atoms in total. The molecule has 3 N–H and O–H groups in total. The van der Waals surface area contributed by atoms with E-state index in [4.69, 9.17) is 19.9 Å². The largest absolute Gasteiger partial charge is 0.491 e. The van der Waals surface area contributed by atoms with Crippen molar-refractivity contribution < 1.29 is 24.1 Å². The predicted octanol–water partition coefficient (Wildman–Crippen LogP) is 6.44. The molecule has 0 spiro atoms. The number of morpholine rings is 1. The molecule has 1 saturated carbocycles. The number of benzene rings is 3. The van der Waals surface area contributed by atoms with Crippen LogP contribution in [-0.4, -0.2) is 48.6 Å². The van der Waals surface area contributed by atoms with E-state index < -0.39 is 5.97 Å². The van der Waals surface area contributed by atoms with Gasteiger partial charge in [0.25, 0.3) is 0 Å². The van der Waals surface area contributed by atoms with Crippen molar-refractivity contribution in [3.63, 3.8) is 0 Å². The first kappa shape index (κ1) is 26.7. The fourth-order valence-electron chi connectivity index (χ4n) is 6.99. The van der Waals surface area contributed by atoms with Crippen molar-refractivity contribution in [2.75, 3.05) is 43.5 Å². The Kier molecular flexibility index (Phi) is 7.15. The summed E-state index contributed by atoms with van der Waals surface area (Å²) < 4.78 is 20.5. The van der Waals surface area contributed by atoms with Crippen molar-refractivity contribution in [1.82, 2.24) is 4.57 Å². The first-order valence-electron chi connectivity index (χ1n) is 15.1. The Balaban J connectivity index is 1.25. The average Bonchev–Trinajstić information content (AvgIpc) is 3.22. The highest BCUT2D eigenvalue weighted by molar-refractivity contribution is 5.98. The van der Waals surface area contributed by atoms with Crippen LogP contribution < -0.4 is 20.1 Å². The number of ether oxygens (including phenoxy) is 3. The number of carboxylic acid groups (broad SMARTS) is 1. The molecule has 0 bridgehead atoms. The Labute approximate surface area is 245 Å². The topological polar surface area (TPSA) is 99.2 Å². The van der Waals surface area contributed by atoms with Gasteiger partial charge in [-0.25, -0.2) is 4.79 Å². The van der Waals surface area contributed by atoms with Gasteiger partial charge in [-0.3, -0.25) is 0 Å². The third kappa shape index (κ3) is 4.94. The second kappa shape index (κ2) is 11.2. The van der Waals surface area contributed by atoms with Crippen molar-refractivity contribution in [3.8, 4) is 22.8 Å². The molecular weight excluding hydrogens is 530 g/mol. The van der Waals surface area contributed by atoms with Crippen LogP contribution in [0, 0.1) is 0 Å². The van der Waals surface area contributed by atoms with E-state index in [0.29, 0.717) is 50.1 Å². The quantitative estimate of drug-likeness (QED) is 0.259. The molecule has 0 radical (unpaired) electrons. The van der Waals surface area contributed by atoms with Gasteiger partial charge in [-0.15, -0.1) is 0 Å². The molecule has 2 fully saturated rings. The van der Waals surface area contributed by atoms with Crippen LogP contribution in [0.3, 0.4) is 0 Å². The minimum atomic E-state index is -0.907. The highest BCUT2D eigenvalue weighted by atomic mass is 16.5. The molecule has 1 saturated heterocycles. The molecule has 3 aromatic carbocycles. The zero-order valence-electron chi connectivity index (χ0n) is 23.8. The number of carboxylic acids is 1. The van der Waals surface area contributed by atoms with Crippen LogP contribution in [0.2, 0.25) is 0 Å². The van der Waals surface area contributed by atoms with Crippen molar-refractivity contribution in [2.45, 2.75) is 51.2 Å². The molecule has 218 valence electrons. The SMILES string of the molecule is Nc1ccc(N2CCOCC2)c(COc2ccc3c(c2)OCCn2c-3c(C3CCCCC3)c3ccc(C(=O)O)cc32)c1. The maximum Gasteiger partial charge on any atom is 0.335 e. The van der Waals surface area contributed by atoms with Crippen LogP contribution in [0.5, 0.6) is 11.5 Å². The molecule has 1 aromatic heterocycles. The molecule has 0 amide bonds. The van der Waals surface area contributed by atoms with E-state index in [1.165, 1.54) is 24.8 Å². The summed E-state index contributed by atoms with van der Waals surface area (Å²) in [5.41, 5.74) is 13.8. The minimum absolute atomic E-state index is 0.310. The monoisotopic (exact) mass is 567 g/mol. The molecule has 0 unspecified atom stereocenters. The van der Waals surface area contributed by atoms with Gasteiger partial charge in [0.2, 0.25) is 0 Å². The Morgan fingerprint density at radius 2 is 1.79 bits per heavy atom. The van der Waals surface area contributed by atoms with E-state index in [9.17, 15) is 9.90 Å². The van der Waals surface area contributed by atoms with Gasteiger partial charge >= 0.3 is 5.97 Å². The van der Waals surface area contributed by atoms with E-state index in [1.807, 2.05) is 36.4 Å². The molecule has 3 heterocycles. The fraction of sp³-hybridized carbons (Fsp3) is 0.382. The number of aromatic nitrogens is 1. The molecule has 42 heavy (non-hydrogen) atoms. The summed E-state index contributed by atoms with van der Waals surface area (Å²) in [4.78, 5) is 14.2. The number of aromatic carboxylic acids is 1. The van der Waals surface area contributed by atoms with Gasteiger partial charge in [0.05, 0.1) is 31.0 Å². The number of hydrogen-bond donors (Lipinski definition) is 2. The Bertz CT molecular complexity index is 1630. The molecular formula is C34H37N3O5. The first-order chi connectivity index (χ1) is 20.6. The lowest BCUT2D eigenvalue weighted by atomic mass is 9.81. The van der Waals surface area contributed by atoms with E-state index in [2.05, 4.69) is 21.6 Å². The first-order valence-corrected chi connectivity index (χ1v) is 15.1. The van der Waals surface area contributed by atoms with Gasteiger partial charge in [-0.05, 0) is 66.8 Å². The zero-order valence-corrected chi connectivity index (χ0v) is 23.8. The highest BCUT2D eigenvalue weighted by Gasteiger charge is 2.30. The van der Waals surface area contributed by atoms with Gasteiger partial charge in [-0.1, -0.05) is 25.3 Å². The lowest BCUT2D eigenvalue weighted by Gasteiger charge is -2.30. The van der Waals surface area contributed by atoms with E-state index in [0.717, 1.165) is 70.8 Å². The summed E-state index contributed by atoms with van der Waals surface area (Å²) in [6, 6.07) is 17.7. The molecule has 8 heteroatoms. The van der Waals surface area contributed by atoms with Crippen LogP contribution in [0.25, 0.3) is 22.2 Å². The van der Waals surface area contributed by atoms with Gasteiger partial charge in [0.15, 0.2) is 0 Å². The van der Waals surface area contributed by atoms with Crippen molar-refractivity contribution >= 4 is 28.2 Å². The molecule has 3 aliphatic rings. The van der Waals surface area contributed by atoms with Gasteiger partial charge in [-0.2, -0.15) is 0 Å². The minimum Gasteiger partial charge on any atom is -0.491 e. The number of nitrogens with zero attached hydrogens (tertiary/aromatic N) is 2. The Hall–Kier alpha value is -4.17. The average molecular weight is 568 g/mol. The van der Waals surface area contributed by atoms with Gasteiger partial charge < -0.3 is 34.5 Å². The number of anilines is 2. The lowest BCUT2D eigenvalue weighted by molar-refractivity contribution is 0.0697. The number of carbonyl (C=O) groups is 1. The third-order valence-corrected chi connectivity index (χ3v) is 8.99.